The molecular formula is C18H15N5O2S3. The lowest BCUT2D eigenvalue weighted by molar-refractivity contribution is -0.113. The number of aryl methyl sites for hydroxylation is 1. The summed E-state index contributed by atoms with van der Waals surface area (Å²) in [5, 5.41) is 15.7. The molecule has 1 aromatic carbocycles. The topological polar surface area (TPSA) is 89.9 Å². The third kappa shape index (κ3) is 3.98. The number of fused-ring (bicyclic) bond motifs is 1. The Labute approximate surface area is 173 Å². The molecule has 7 nitrogen and oxygen atoms in total. The summed E-state index contributed by atoms with van der Waals surface area (Å²) in [5.74, 6) is 0.884. The van der Waals surface area contributed by atoms with Crippen molar-refractivity contribution in [3.8, 4) is 16.9 Å². The van der Waals surface area contributed by atoms with E-state index >= 15 is 0 Å². The molecule has 0 atom stereocenters. The molecule has 0 aliphatic carbocycles. The lowest BCUT2D eigenvalue weighted by Crippen LogP contribution is -2.14. The third-order valence-corrected chi connectivity index (χ3v) is 6.48. The van der Waals surface area contributed by atoms with Crippen LogP contribution in [0.25, 0.3) is 21.3 Å². The van der Waals surface area contributed by atoms with Crippen molar-refractivity contribution in [3.63, 3.8) is 0 Å². The second kappa shape index (κ2) is 8.21. The van der Waals surface area contributed by atoms with Crippen LogP contribution in [0, 0.1) is 6.92 Å². The van der Waals surface area contributed by atoms with Crippen molar-refractivity contribution < 1.29 is 9.53 Å². The van der Waals surface area contributed by atoms with Gasteiger partial charge in [0.15, 0.2) is 0 Å². The van der Waals surface area contributed by atoms with E-state index in [-0.39, 0.29) is 11.7 Å². The van der Waals surface area contributed by atoms with Gasteiger partial charge < -0.3 is 4.74 Å². The van der Waals surface area contributed by atoms with Gasteiger partial charge in [0.1, 0.15) is 26.9 Å². The summed E-state index contributed by atoms with van der Waals surface area (Å²) in [4.78, 5) is 21.9. The van der Waals surface area contributed by atoms with Crippen molar-refractivity contribution in [2.45, 2.75) is 11.9 Å². The van der Waals surface area contributed by atoms with Crippen LogP contribution in [0.3, 0.4) is 0 Å². The fraction of sp³-hybridized carbons (Fsp3) is 0.167. The number of thioether (sulfide) groups is 1. The van der Waals surface area contributed by atoms with Crippen LogP contribution < -0.4 is 10.1 Å². The number of thiophene rings is 1. The zero-order valence-corrected chi connectivity index (χ0v) is 17.5. The fourth-order valence-electron chi connectivity index (χ4n) is 2.58. The first kappa shape index (κ1) is 18.8. The Hall–Kier alpha value is -2.56. The van der Waals surface area contributed by atoms with E-state index in [9.17, 15) is 4.79 Å². The summed E-state index contributed by atoms with van der Waals surface area (Å²) < 4.78 is 5.23. The molecule has 0 aliphatic heterocycles. The molecule has 142 valence electrons. The molecule has 0 radical (unpaired) electrons. The minimum absolute atomic E-state index is 0.144. The number of carbonyl (C=O) groups is 1. The summed E-state index contributed by atoms with van der Waals surface area (Å²) in [6, 6.07) is 7.86. The van der Waals surface area contributed by atoms with Gasteiger partial charge in [-0.25, -0.2) is 9.97 Å². The molecule has 0 aliphatic rings. The molecule has 0 spiro atoms. The number of amides is 1. The molecule has 3 heterocycles. The number of hydrogen-bond donors (Lipinski definition) is 1. The van der Waals surface area contributed by atoms with Gasteiger partial charge in [-0.2, -0.15) is 0 Å². The van der Waals surface area contributed by atoms with E-state index in [1.807, 2.05) is 31.2 Å². The Kier molecular flexibility index (Phi) is 5.51. The molecule has 4 rings (SSSR count). The first-order chi connectivity index (χ1) is 13.6. The molecule has 0 saturated heterocycles. The summed E-state index contributed by atoms with van der Waals surface area (Å²) >= 11 is 4.29. The number of hydrogen-bond acceptors (Lipinski definition) is 9. The van der Waals surface area contributed by atoms with Gasteiger partial charge in [-0.15, -0.1) is 21.5 Å². The molecule has 28 heavy (non-hydrogen) atoms. The lowest BCUT2D eigenvalue weighted by atomic mass is 10.1. The van der Waals surface area contributed by atoms with Gasteiger partial charge in [0.2, 0.25) is 11.0 Å². The van der Waals surface area contributed by atoms with Gasteiger partial charge in [-0.1, -0.05) is 35.2 Å². The average molecular weight is 430 g/mol. The normalized spacial score (nSPS) is 10.9. The second-order valence-corrected chi connectivity index (χ2v) is 8.70. The number of nitrogens with one attached hydrogen (secondary N) is 1. The zero-order valence-electron chi connectivity index (χ0n) is 15.0. The van der Waals surface area contributed by atoms with E-state index in [1.165, 1.54) is 29.4 Å². The monoisotopic (exact) mass is 429 g/mol. The molecule has 0 saturated carbocycles. The Bertz CT molecular complexity index is 1120. The van der Waals surface area contributed by atoms with Crippen molar-refractivity contribution in [1.29, 1.82) is 0 Å². The van der Waals surface area contributed by atoms with E-state index in [4.69, 9.17) is 4.74 Å². The maximum absolute atomic E-state index is 12.2. The molecule has 0 bridgehead atoms. The SMILES string of the molecule is COc1ccc(-c2csc3ncnc(SCC(=O)Nc4nnc(C)s4)c23)cc1. The number of methoxy groups -OCH3 is 1. The molecule has 10 heteroatoms. The Morgan fingerprint density at radius 1 is 1.21 bits per heavy atom. The summed E-state index contributed by atoms with van der Waals surface area (Å²) in [7, 11) is 1.64. The van der Waals surface area contributed by atoms with Crippen molar-refractivity contribution in [1.82, 2.24) is 20.2 Å². The van der Waals surface area contributed by atoms with Gasteiger partial charge in [0, 0.05) is 10.9 Å². The van der Waals surface area contributed by atoms with Crippen molar-refractivity contribution >= 4 is 55.7 Å². The number of nitrogens with zero attached hydrogens (tertiary/aromatic N) is 4. The number of anilines is 1. The van der Waals surface area contributed by atoms with Gasteiger partial charge >= 0.3 is 0 Å². The minimum atomic E-state index is -0.144. The number of benzene rings is 1. The van der Waals surface area contributed by atoms with Crippen molar-refractivity contribution in [3.05, 3.63) is 41.0 Å². The summed E-state index contributed by atoms with van der Waals surface area (Å²) in [6.07, 6.45) is 1.53. The highest BCUT2D eigenvalue weighted by atomic mass is 32.2. The van der Waals surface area contributed by atoms with Crippen LogP contribution in [0.2, 0.25) is 0 Å². The van der Waals surface area contributed by atoms with Crippen LogP contribution in [0.4, 0.5) is 5.13 Å². The predicted molar refractivity (Wildman–Crippen MR) is 113 cm³/mol. The second-order valence-electron chi connectivity index (χ2n) is 5.70. The molecule has 3 aromatic heterocycles. The van der Waals surface area contributed by atoms with Crippen LogP contribution >= 0.6 is 34.4 Å². The van der Waals surface area contributed by atoms with E-state index in [1.54, 1.807) is 18.4 Å². The van der Waals surface area contributed by atoms with Crippen molar-refractivity contribution in [2.75, 3.05) is 18.2 Å². The van der Waals surface area contributed by atoms with Gasteiger partial charge in [0.25, 0.3) is 0 Å². The molecular weight excluding hydrogens is 414 g/mol. The summed E-state index contributed by atoms with van der Waals surface area (Å²) in [5.41, 5.74) is 2.10. The van der Waals surface area contributed by atoms with Crippen LogP contribution in [0.5, 0.6) is 5.75 Å². The number of ether oxygens (including phenoxy) is 1. The van der Waals surface area contributed by atoms with Crippen molar-refractivity contribution in [2.24, 2.45) is 0 Å². The standard InChI is InChI=1S/C18H15N5O2S3/c1-10-22-23-18(28-10)21-14(24)8-27-17-15-13(7-26-16(15)19-9-20-17)11-3-5-12(25-2)6-4-11/h3-7,9H,8H2,1-2H3,(H,21,23,24). The highest BCUT2D eigenvalue weighted by Gasteiger charge is 2.15. The van der Waals surface area contributed by atoms with E-state index < -0.39 is 0 Å². The third-order valence-electron chi connectivity index (χ3n) is 3.85. The lowest BCUT2D eigenvalue weighted by Gasteiger charge is -2.06. The van der Waals surface area contributed by atoms with Gasteiger partial charge in [0.05, 0.1) is 18.2 Å². The van der Waals surface area contributed by atoms with Gasteiger partial charge in [-0.3, -0.25) is 10.1 Å². The maximum atomic E-state index is 12.2. The highest BCUT2D eigenvalue weighted by Crippen LogP contribution is 2.38. The maximum Gasteiger partial charge on any atom is 0.236 e. The molecule has 1 amide bonds. The van der Waals surface area contributed by atoms with Crippen LogP contribution in [-0.2, 0) is 4.79 Å². The minimum Gasteiger partial charge on any atom is -0.497 e. The number of carbonyl (C=O) groups excluding carboxylic acids is 1. The van der Waals surface area contributed by atoms with Crippen LogP contribution in [0.1, 0.15) is 5.01 Å². The molecule has 4 aromatic rings. The Morgan fingerprint density at radius 2 is 2.04 bits per heavy atom. The molecule has 0 unspecified atom stereocenters. The van der Waals surface area contributed by atoms with E-state index in [0.717, 1.165) is 37.1 Å². The first-order valence-electron chi connectivity index (χ1n) is 8.23. The quantitative estimate of drug-likeness (QED) is 0.362. The molecule has 1 N–H and O–H groups in total. The average Bonchev–Trinajstić information content (AvgIpc) is 3.33. The fourth-order valence-corrected chi connectivity index (χ4v) is 4.98. The summed E-state index contributed by atoms with van der Waals surface area (Å²) in [6.45, 7) is 1.84. The first-order valence-corrected chi connectivity index (χ1v) is 10.9. The number of aromatic nitrogens is 4. The highest BCUT2D eigenvalue weighted by molar-refractivity contribution is 8.00. The largest absolute Gasteiger partial charge is 0.497 e. The number of rotatable bonds is 6. The Morgan fingerprint density at radius 3 is 2.75 bits per heavy atom. The van der Waals surface area contributed by atoms with Crippen LogP contribution in [0.15, 0.2) is 41.0 Å². The molecule has 0 fully saturated rings. The van der Waals surface area contributed by atoms with Crippen LogP contribution in [-0.4, -0.2) is 38.9 Å². The predicted octanol–water partition coefficient (Wildman–Crippen LogP) is 4.26. The smallest absolute Gasteiger partial charge is 0.236 e. The zero-order chi connectivity index (χ0) is 19.5. The van der Waals surface area contributed by atoms with Gasteiger partial charge in [-0.05, 0) is 24.6 Å². The van der Waals surface area contributed by atoms with E-state index in [0.29, 0.717) is 5.13 Å². The van der Waals surface area contributed by atoms with E-state index in [2.05, 4.69) is 30.9 Å². The Balaban J connectivity index is 1.56.